The van der Waals surface area contributed by atoms with Crippen LogP contribution in [0.2, 0.25) is 0 Å². The number of aryl methyl sites for hydroxylation is 1. The van der Waals surface area contributed by atoms with Crippen molar-refractivity contribution in [1.29, 1.82) is 0 Å². The van der Waals surface area contributed by atoms with E-state index in [1.807, 2.05) is 42.5 Å². The number of ether oxygens (including phenoxy) is 1. The number of aromatic nitrogens is 1. The van der Waals surface area contributed by atoms with Crippen LogP contribution in [0.5, 0.6) is 5.75 Å². The van der Waals surface area contributed by atoms with Gasteiger partial charge in [-0.05, 0) is 55.4 Å². The van der Waals surface area contributed by atoms with Gasteiger partial charge in [0.1, 0.15) is 12.4 Å². The summed E-state index contributed by atoms with van der Waals surface area (Å²) in [4.78, 5) is 9.33. The van der Waals surface area contributed by atoms with E-state index in [2.05, 4.69) is 44.5 Å². The van der Waals surface area contributed by atoms with Crippen LogP contribution in [0.4, 0.5) is 5.69 Å². The lowest BCUT2D eigenvalue weighted by Gasteiger charge is -2.24. The molecule has 0 radical (unpaired) electrons. The zero-order chi connectivity index (χ0) is 21.5. The second kappa shape index (κ2) is 10.7. The minimum Gasteiger partial charge on any atom is -0.489 e. The summed E-state index contributed by atoms with van der Waals surface area (Å²) in [6.07, 6.45) is 1.09. The van der Waals surface area contributed by atoms with E-state index in [1.165, 1.54) is 5.69 Å². The van der Waals surface area contributed by atoms with Crippen molar-refractivity contribution in [3.05, 3.63) is 76.2 Å². The van der Waals surface area contributed by atoms with Gasteiger partial charge >= 0.3 is 0 Å². The summed E-state index contributed by atoms with van der Waals surface area (Å²) < 4.78 is 5.87. The Labute approximate surface area is 193 Å². The first-order chi connectivity index (χ1) is 15.2. The van der Waals surface area contributed by atoms with Crippen molar-refractivity contribution >= 4 is 34.4 Å². The molecule has 1 aromatic heterocycles. The standard InChI is InChI=1S/C24H28N4OS2/c1-19-25-22(18-31-19)16-27-12-5-13-28(15-14-27)24(30)26-21-8-10-23(11-9-21)29-17-20-6-3-2-4-7-20/h2-4,6-11,18H,5,12-17H2,1H3,(H,26,30). The highest BCUT2D eigenvalue weighted by Gasteiger charge is 2.18. The molecule has 2 aromatic carbocycles. The molecule has 4 rings (SSSR count). The molecule has 0 bridgehead atoms. The van der Waals surface area contributed by atoms with E-state index >= 15 is 0 Å². The zero-order valence-electron chi connectivity index (χ0n) is 17.8. The fourth-order valence-electron chi connectivity index (χ4n) is 3.62. The Morgan fingerprint density at radius 1 is 1.06 bits per heavy atom. The molecule has 0 amide bonds. The molecule has 0 aliphatic carbocycles. The van der Waals surface area contributed by atoms with Crippen molar-refractivity contribution in [2.24, 2.45) is 0 Å². The number of hydrogen-bond acceptors (Lipinski definition) is 5. The van der Waals surface area contributed by atoms with Gasteiger partial charge in [0.25, 0.3) is 0 Å². The Morgan fingerprint density at radius 2 is 1.87 bits per heavy atom. The Kier molecular flexibility index (Phi) is 7.51. The highest BCUT2D eigenvalue weighted by atomic mass is 32.1. The minimum atomic E-state index is 0.566. The molecular weight excluding hydrogens is 424 g/mol. The SMILES string of the molecule is Cc1nc(CN2CCCN(C(=S)Nc3ccc(OCc4ccccc4)cc3)CC2)cs1. The molecule has 1 aliphatic rings. The van der Waals surface area contributed by atoms with Gasteiger partial charge in [-0.25, -0.2) is 4.98 Å². The van der Waals surface area contributed by atoms with Crippen LogP contribution in [0.3, 0.4) is 0 Å². The Bertz CT molecular complexity index is 975. The van der Waals surface area contributed by atoms with Crippen molar-refractivity contribution in [2.75, 3.05) is 31.5 Å². The number of thiazole rings is 1. The number of nitrogens with zero attached hydrogens (tertiary/aromatic N) is 3. The van der Waals surface area contributed by atoms with Crippen LogP contribution in [0.1, 0.15) is 22.7 Å². The van der Waals surface area contributed by atoms with E-state index in [0.717, 1.165) is 66.3 Å². The van der Waals surface area contributed by atoms with Gasteiger partial charge in [-0.15, -0.1) is 11.3 Å². The quantitative estimate of drug-likeness (QED) is 0.535. The average molecular weight is 453 g/mol. The maximum atomic E-state index is 5.87. The lowest BCUT2D eigenvalue weighted by Crippen LogP contribution is -2.37. The van der Waals surface area contributed by atoms with E-state index in [9.17, 15) is 0 Å². The van der Waals surface area contributed by atoms with Gasteiger partial charge in [-0.3, -0.25) is 4.90 Å². The molecule has 0 spiro atoms. The predicted molar refractivity (Wildman–Crippen MR) is 132 cm³/mol. The number of nitrogens with one attached hydrogen (secondary N) is 1. The largest absolute Gasteiger partial charge is 0.489 e. The van der Waals surface area contributed by atoms with Crippen molar-refractivity contribution in [3.8, 4) is 5.75 Å². The predicted octanol–water partition coefficient (Wildman–Crippen LogP) is 4.94. The number of benzene rings is 2. The molecule has 1 N–H and O–H groups in total. The van der Waals surface area contributed by atoms with Crippen molar-refractivity contribution in [2.45, 2.75) is 26.5 Å². The summed E-state index contributed by atoms with van der Waals surface area (Å²) >= 11 is 7.41. The number of thiocarbonyl (C=S) groups is 1. The molecule has 1 aliphatic heterocycles. The molecule has 1 saturated heterocycles. The maximum absolute atomic E-state index is 5.87. The summed E-state index contributed by atoms with van der Waals surface area (Å²) in [6, 6.07) is 18.2. The Morgan fingerprint density at radius 3 is 2.61 bits per heavy atom. The summed E-state index contributed by atoms with van der Waals surface area (Å²) in [5.74, 6) is 0.850. The van der Waals surface area contributed by atoms with E-state index in [-0.39, 0.29) is 0 Å². The van der Waals surface area contributed by atoms with Crippen LogP contribution in [0.25, 0.3) is 0 Å². The molecule has 7 heteroatoms. The lowest BCUT2D eigenvalue weighted by atomic mass is 10.2. The van der Waals surface area contributed by atoms with Crippen LogP contribution in [-0.2, 0) is 13.2 Å². The first kappa shape index (κ1) is 21.7. The molecule has 31 heavy (non-hydrogen) atoms. The van der Waals surface area contributed by atoms with E-state index in [0.29, 0.717) is 6.61 Å². The highest BCUT2D eigenvalue weighted by Crippen LogP contribution is 2.18. The lowest BCUT2D eigenvalue weighted by molar-refractivity contribution is 0.275. The van der Waals surface area contributed by atoms with Crippen molar-refractivity contribution in [3.63, 3.8) is 0 Å². The van der Waals surface area contributed by atoms with E-state index in [1.54, 1.807) is 11.3 Å². The van der Waals surface area contributed by atoms with Crippen LogP contribution in [0, 0.1) is 6.92 Å². The molecule has 0 saturated carbocycles. The first-order valence-corrected chi connectivity index (χ1v) is 11.9. The van der Waals surface area contributed by atoms with E-state index in [4.69, 9.17) is 17.0 Å². The number of anilines is 1. The second-order valence-corrected chi connectivity index (χ2v) is 9.15. The third-order valence-electron chi connectivity index (χ3n) is 5.28. The number of rotatable bonds is 6. The summed E-state index contributed by atoms with van der Waals surface area (Å²) in [5.41, 5.74) is 3.31. The monoisotopic (exact) mass is 452 g/mol. The minimum absolute atomic E-state index is 0.566. The normalized spacial score (nSPS) is 14.8. The molecule has 5 nitrogen and oxygen atoms in total. The maximum Gasteiger partial charge on any atom is 0.173 e. The molecule has 162 valence electrons. The molecule has 2 heterocycles. The number of hydrogen-bond donors (Lipinski definition) is 1. The molecule has 0 unspecified atom stereocenters. The van der Waals surface area contributed by atoms with Crippen LogP contribution < -0.4 is 10.1 Å². The summed E-state index contributed by atoms with van der Waals surface area (Å²) in [6.45, 7) is 7.50. The molecular formula is C24H28N4OS2. The van der Waals surface area contributed by atoms with Gasteiger partial charge in [0, 0.05) is 43.8 Å². The van der Waals surface area contributed by atoms with Gasteiger partial charge < -0.3 is 15.0 Å². The Balaban J connectivity index is 1.25. The summed E-state index contributed by atoms with van der Waals surface area (Å²) in [7, 11) is 0. The van der Waals surface area contributed by atoms with Gasteiger partial charge in [-0.2, -0.15) is 0 Å². The third kappa shape index (κ3) is 6.50. The third-order valence-corrected chi connectivity index (χ3v) is 6.46. The highest BCUT2D eigenvalue weighted by molar-refractivity contribution is 7.80. The Hall–Kier alpha value is -2.48. The van der Waals surface area contributed by atoms with Gasteiger partial charge in [0.05, 0.1) is 10.7 Å². The van der Waals surface area contributed by atoms with Crippen LogP contribution in [-0.4, -0.2) is 46.1 Å². The fraction of sp³-hybridized carbons (Fsp3) is 0.333. The zero-order valence-corrected chi connectivity index (χ0v) is 19.4. The van der Waals surface area contributed by atoms with Gasteiger partial charge in [0.2, 0.25) is 0 Å². The smallest absolute Gasteiger partial charge is 0.173 e. The first-order valence-electron chi connectivity index (χ1n) is 10.6. The van der Waals surface area contributed by atoms with Gasteiger partial charge in [0.15, 0.2) is 5.11 Å². The van der Waals surface area contributed by atoms with Gasteiger partial charge in [-0.1, -0.05) is 30.3 Å². The van der Waals surface area contributed by atoms with Crippen molar-refractivity contribution < 1.29 is 4.74 Å². The average Bonchev–Trinajstić information content (AvgIpc) is 3.05. The summed E-state index contributed by atoms with van der Waals surface area (Å²) in [5, 5.41) is 7.46. The van der Waals surface area contributed by atoms with Crippen molar-refractivity contribution in [1.82, 2.24) is 14.8 Å². The second-order valence-electron chi connectivity index (χ2n) is 7.70. The van der Waals surface area contributed by atoms with Crippen LogP contribution in [0.15, 0.2) is 60.0 Å². The molecule has 3 aromatic rings. The molecule has 1 fully saturated rings. The topological polar surface area (TPSA) is 40.6 Å². The molecule has 0 atom stereocenters. The van der Waals surface area contributed by atoms with Crippen LogP contribution >= 0.6 is 23.6 Å². The van der Waals surface area contributed by atoms with E-state index < -0.39 is 0 Å². The fourth-order valence-corrected chi connectivity index (χ4v) is 4.52.